The number of quaternary nitrogens is 1. The molecule has 1 unspecified atom stereocenters. The van der Waals surface area contributed by atoms with Crippen LogP contribution in [0.15, 0.2) is 24.3 Å². The van der Waals surface area contributed by atoms with Gasteiger partial charge in [-0.25, -0.2) is 4.79 Å². The van der Waals surface area contributed by atoms with Gasteiger partial charge in [0.15, 0.2) is 0 Å². The predicted molar refractivity (Wildman–Crippen MR) is 77.2 cm³/mol. The summed E-state index contributed by atoms with van der Waals surface area (Å²) in [5, 5.41) is 0. The smallest absolute Gasteiger partial charge is 0.342 e. The van der Waals surface area contributed by atoms with Crippen molar-refractivity contribution in [1.82, 2.24) is 0 Å². The first-order chi connectivity index (χ1) is 9.52. The normalized spacial score (nSPS) is 29.8. The second kappa shape index (κ2) is 6.27. The van der Waals surface area contributed by atoms with E-state index in [2.05, 4.69) is 20.9 Å². The third-order valence-electron chi connectivity index (χ3n) is 4.29. The van der Waals surface area contributed by atoms with Crippen LogP contribution in [0.3, 0.4) is 0 Å². The fourth-order valence-electron chi connectivity index (χ4n) is 2.80. The zero-order valence-electron chi connectivity index (χ0n) is 12.7. The highest BCUT2D eigenvalue weighted by molar-refractivity contribution is 5.92. The lowest BCUT2D eigenvalue weighted by atomic mass is 9.92. The van der Waals surface area contributed by atoms with E-state index in [1.807, 2.05) is 12.1 Å². The van der Waals surface area contributed by atoms with E-state index >= 15 is 0 Å². The molecule has 4 atom stereocenters. The Balaban J connectivity index is 2.07. The van der Waals surface area contributed by atoms with Crippen molar-refractivity contribution in [1.29, 1.82) is 0 Å². The molecular formula is C16H24NO3+. The van der Waals surface area contributed by atoms with Crippen LogP contribution in [0.25, 0.3) is 0 Å². The molecule has 0 radical (unpaired) electrons. The minimum absolute atomic E-state index is 0.00823. The lowest BCUT2D eigenvalue weighted by Crippen LogP contribution is -3.14. The monoisotopic (exact) mass is 278 g/mol. The Labute approximate surface area is 120 Å². The van der Waals surface area contributed by atoms with Crippen LogP contribution in [0.2, 0.25) is 0 Å². The molecule has 20 heavy (non-hydrogen) atoms. The van der Waals surface area contributed by atoms with E-state index in [1.54, 1.807) is 19.2 Å². The standard InChI is InChI=1S/C16H23NO3/c1-11-10-17(3)12(2)9-15(11)20-16(18)13-7-5-6-8-14(13)19-4/h5-8,11-12,15H,9-10H2,1-4H3/p+1/t11-,12-,15+/m1/s1. The molecule has 0 aromatic heterocycles. The molecule has 0 aliphatic carbocycles. The van der Waals surface area contributed by atoms with Crippen molar-refractivity contribution in [3.8, 4) is 5.75 Å². The molecule has 4 heteroatoms. The van der Waals surface area contributed by atoms with E-state index in [0.29, 0.717) is 23.3 Å². The van der Waals surface area contributed by atoms with Gasteiger partial charge in [0.25, 0.3) is 0 Å². The molecule has 4 nitrogen and oxygen atoms in total. The third-order valence-corrected chi connectivity index (χ3v) is 4.29. The summed E-state index contributed by atoms with van der Waals surface area (Å²) in [5.74, 6) is 0.660. The van der Waals surface area contributed by atoms with Crippen molar-refractivity contribution in [2.45, 2.75) is 32.4 Å². The predicted octanol–water partition coefficient (Wildman–Crippen LogP) is 1.16. The second-order valence-corrected chi connectivity index (χ2v) is 5.81. The maximum absolute atomic E-state index is 12.3. The van der Waals surface area contributed by atoms with Crippen molar-refractivity contribution < 1.29 is 19.2 Å². The summed E-state index contributed by atoms with van der Waals surface area (Å²) >= 11 is 0. The molecule has 0 bridgehead atoms. The van der Waals surface area contributed by atoms with E-state index in [0.717, 1.165) is 13.0 Å². The van der Waals surface area contributed by atoms with Crippen molar-refractivity contribution >= 4 is 5.97 Å². The number of likely N-dealkylation sites (tertiary alicyclic amines) is 1. The van der Waals surface area contributed by atoms with Gasteiger partial charge in [0.1, 0.15) is 17.4 Å². The Morgan fingerprint density at radius 1 is 1.30 bits per heavy atom. The average molecular weight is 278 g/mol. The van der Waals surface area contributed by atoms with Crippen LogP contribution in [0.1, 0.15) is 30.6 Å². The fraction of sp³-hybridized carbons (Fsp3) is 0.562. The molecule has 1 N–H and O–H groups in total. The van der Waals surface area contributed by atoms with E-state index < -0.39 is 0 Å². The van der Waals surface area contributed by atoms with Crippen molar-refractivity contribution in [3.05, 3.63) is 29.8 Å². The van der Waals surface area contributed by atoms with Gasteiger partial charge in [0.05, 0.1) is 26.7 Å². The number of para-hydroxylation sites is 1. The molecule has 0 spiro atoms. The van der Waals surface area contributed by atoms with Crippen molar-refractivity contribution in [3.63, 3.8) is 0 Å². The summed E-state index contributed by atoms with van der Waals surface area (Å²) in [5.41, 5.74) is 0.501. The molecule has 1 aliphatic heterocycles. The van der Waals surface area contributed by atoms with Gasteiger partial charge in [-0.1, -0.05) is 19.1 Å². The Hall–Kier alpha value is -1.55. The number of carbonyl (C=O) groups is 1. The SMILES string of the molecule is COc1ccccc1C(=O)O[C@H]1C[C@@H](C)[NH+](C)C[C@H]1C. The van der Waals surface area contributed by atoms with Crippen LogP contribution in [0.5, 0.6) is 5.75 Å². The second-order valence-electron chi connectivity index (χ2n) is 5.81. The lowest BCUT2D eigenvalue weighted by Gasteiger charge is -2.36. The molecule has 1 aliphatic rings. The summed E-state index contributed by atoms with van der Waals surface area (Å²) in [7, 11) is 3.76. The molecule has 1 fully saturated rings. The van der Waals surface area contributed by atoms with Crippen LogP contribution in [0.4, 0.5) is 0 Å². The number of benzene rings is 1. The van der Waals surface area contributed by atoms with Crippen molar-refractivity contribution in [2.24, 2.45) is 5.92 Å². The minimum atomic E-state index is -0.286. The number of methoxy groups -OCH3 is 1. The Morgan fingerprint density at radius 3 is 2.70 bits per heavy atom. The Bertz CT molecular complexity index is 475. The van der Waals surface area contributed by atoms with E-state index in [4.69, 9.17) is 9.47 Å². The number of piperidine rings is 1. The number of carbonyl (C=O) groups excluding carboxylic acids is 1. The zero-order valence-corrected chi connectivity index (χ0v) is 12.7. The van der Waals surface area contributed by atoms with Gasteiger partial charge in [0, 0.05) is 12.3 Å². The maximum Gasteiger partial charge on any atom is 0.342 e. The molecule has 0 amide bonds. The quantitative estimate of drug-likeness (QED) is 0.844. The number of ether oxygens (including phenoxy) is 2. The molecule has 2 rings (SSSR count). The summed E-state index contributed by atoms with van der Waals surface area (Å²) < 4.78 is 10.9. The summed E-state index contributed by atoms with van der Waals surface area (Å²) in [6.45, 7) is 5.38. The number of rotatable bonds is 3. The van der Waals surface area contributed by atoms with Gasteiger partial charge >= 0.3 is 5.97 Å². The average Bonchev–Trinajstić information content (AvgIpc) is 2.44. The molecule has 1 saturated heterocycles. The van der Waals surface area contributed by atoms with Crippen LogP contribution in [-0.2, 0) is 4.74 Å². The fourth-order valence-corrected chi connectivity index (χ4v) is 2.80. The number of nitrogens with one attached hydrogen (secondary N) is 1. The van der Waals surface area contributed by atoms with Crippen LogP contribution in [0, 0.1) is 5.92 Å². The lowest BCUT2D eigenvalue weighted by molar-refractivity contribution is -0.914. The summed E-state index contributed by atoms with van der Waals surface area (Å²) in [6, 6.07) is 7.71. The van der Waals surface area contributed by atoms with Gasteiger partial charge in [0.2, 0.25) is 0 Å². The van der Waals surface area contributed by atoms with Gasteiger partial charge in [-0.2, -0.15) is 0 Å². The number of hydrogen-bond donors (Lipinski definition) is 1. The van der Waals surface area contributed by atoms with E-state index in [1.165, 1.54) is 4.90 Å². The summed E-state index contributed by atoms with van der Waals surface area (Å²) in [6.07, 6.45) is 0.902. The number of esters is 1. The van der Waals surface area contributed by atoms with E-state index in [9.17, 15) is 4.79 Å². The highest BCUT2D eigenvalue weighted by atomic mass is 16.5. The molecule has 1 aromatic rings. The van der Waals surface area contributed by atoms with E-state index in [-0.39, 0.29) is 12.1 Å². The van der Waals surface area contributed by atoms with Gasteiger partial charge < -0.3 is 14.4 Å². The van der Waals surface area contributed by atoms with Crippen molar-refractivity contribution in [2.75, 3.05) is 20.7 Å². The van der Waals surface area contributed by atoms with Gasteiger partial charge in [-0.05, 0) is 19.1 Å². The molecule has 1 heterocycles. The first-order valence-electron chi connectivity index (χ1n) is 7.19. The topological polar surface area (TPSA) is 40.0 Å². The van der Waals surface area contributed by atoms with Crippen LogP contribution in [-0.4, -0.2) is 38.8 Å². The molecule has 0 saturated carbocycles. The minimum Gasteiger partial charge on any atom is -0.496 e. The highest BCUT2D eigenvalue weighted by Gasteiger charge is 2.35. The van der Waals surface area contributed by atoms with Crippen LogP contribution < -0.4 is 9.64 Å². The maximum atomic E-state index is 12.3. The van der Waals surface area contributed by atoms with Crippen LogP contribution >= 0.6 is 0 Å². The Morgan fingerprint density at radius 2 is 2.00 bits per heavy atom. The first-order valence-corrected chi connectivity index (χ1v) is 7.19. The first kappa shape index (κ1) is 14.9. The Kier molecular flexibility index (Phi) is 4.65. The molecular weight excluding hydrogens is 254 g/mol. The summed E-state index contributed by atoms with van der Waals surface area (Å²) in [4.78, 5) is 13.8. The number of hydrogen-bond acceptors (Lipinski definition) is 3. The third kappa shape index (κ3) is 3.12. The van der Waals surface area contributed by atoms with Gasteiger partial charge in [-0.3, -0.25) is 0 Å². The highest BCUT2D eigenvalue weighted by Crippen LogP contribution is 2.22. The zero-order chi connectivity index (χ0) is 14.7. The van der Waals surface area contributed by atoms with Gasteiger partial charge in [-0.15, -0.1) is 0 Å². The molecule has 1 aromatic carbocycles. The largest absolute Gasteiger partial charge is 0.496 e. The molecule has 110 valence electrons.